The van der Waals surface area contributed by atoms with E-state index in [2.05, 4.69) is 17.5 Å². The summed E-state index contributed by atoms with van der Waals surface area (Å²) in [4.78, 5) is 22.5. The monoisotopic (exact) mass is 457 g/mol. The van der Waals surface area contributed by atoms with Crippen LogP contribution in [0.1, 0.15) is 12.1 Å². The molecule has 2 heterocycles. The molecular weight excluding hydrogens is 438 g/mol. The largest absolute Gasteiger partial charge is 0.385 e. The van der Waals surface area contributed by atoms with Crippen LogP contribution in [0.25, 0.3) is 21.5 Å². The smallest absolute Gasteiger partial charge is 0.262 e. The van der Waals surface area contributed by atoms with Crippen molar-refractivity contribution >= 4 is 45.6 Å². The molecule has 5 nitrogen and oxygen atoms in total. The average molecular weight is 458 g/mol. The zero-order valence-electron chi connectivity index (χ0n) is 16.4. The molecule has 0 amide bonds. The molecular formula is C22H20ClN3O2S2. The summed E-state index contributed by atoms with van der Waals surface area (Å²) in [6, 6.07) is 15.3. The van der Waals surface area contributed by atoms with E-state index in [-0.39, 0.29) is 5.56 Å². The summed E-state index contributed by atoms with van der Waals surface area (Å²) in [6.07, 6.45) is 0.736. The van der Waals surface area contributed by atoms with Crippen molar-refractivity contribution in [2.75, 3.05) is 13.7 Å². The number of halogens is 1. The molecule has 4 aromatic rings. The Hall–Kier alpha value is -2.19. The highest BCUT2D eigenvalue weighted by Gasteiger charge is 2.13. The van der Waals surface area contributed by atoms with Gasteiger partial charge >= 0.3 is 0 Å². The highest BCUT2D eigenvalue weighted by Crippen LogP contribution is 2.28. The number of benzene rings is 2. The summed E-state index contributed by atoms with van der Waals surface area (Å²) in [7, 11) is 1.66. The van der Waals surface area contributed by atoms with Gasteiger partial charge in [0.05, 0.1) is 16.6 Å². The van der Waals surface area contributed by atoms with E-state index in [9.17, 15) is 4.79 Å². The molecule has 0 N–H and O–H groups in total. The Labute approximate surface area is 187 Å². The van der Waals surface area contributed by atoms with E-state index in [4.69, 9.17) is 26.3 Å². The summed E-state index contributed by atoms with van der Waals surface area (Å²) in [5.74, 6) is 0.631. The molecule has 4 rings (SSSR count). The third-order valence-corrected chi connectivity index (χ3v) is 6.72. The highest BCUT2D eigenvalue weighted by atomic mass is 35.5. The Kier molecular flexibility index (Phi) is 6.84. The number of aromatic nitrogens is 3. The van der Waals surface area contributed by atoms with E-state index in [0.29, 0.717) is 40.0 Å². The molecule has 2 aromatic heterocycles. The van der Waals surface area contributed by atoms with Crippen molar-refractivity contribution in [3.63, 3.8) is 0 Å². The van der Waals surface area contributed by atoms with Gasteiger partial charge in [-0.3, -0.25) is 9.36 Å². The van der Waals surface area contributed by atoms with E-state index in [1.165, 1.54) is 11.8 Å². The number of hydrogen-bond donors (Lipinski definition) is 0. The molecule has 30 heavy (non-hydrogen) atoms. The Morgan fingerprint density at radius 1 is 1.17 bits per heavy atom. The first-order chi connectivity index (χ1) is 14.7. The molecule has 2 aromatic carbocycles. The number of fused-ring (bicyclic) bond motifs is 1. The minimum Gasteiger partial charge on any atom is -0.385 e. The lowest BCUT2D eigenvalue weighted by atomic mass is 10.2. The van der Waals surface area contributed by atoms with Gasteiger partial charge in [-0.2, -0.15) is 0 Å². The molecule has 0 aliphatic heterocycles. The van der Waals surface area contributed by atoms with Crippen molar-refractivity contribution in [2.24, 2.45) is 0 Å². The fourth-order valence-electron chi connectivity index (χ4n) is 3.07. The summed E-state index contributed by atoms with van der Waals surface area (Å²) < 4.78 is 6.88. The topological polar surface area (TPSA) is 57.0 Å². The first-order valence-electron chi connectivity index (χ1n) is 9.47. The number of thioether (sulfide) groups is 1. The lowest BCUT2D eigenvalue weighted by Crippen LogP contribution is -2.24. The number of hydrogen-bond acceptors (Lipinski definition) is 6. The third-order valence-electron chi connectivity index (χ3n) is 4.53. The van der Waals surface area contributed by atoms with Gasteiger partial charge in [0, 0.05) is 42.0 Å². The fourth-order valence-corrected chi connectivity index (χ4v) is 5.09. The second-order valence-electron chi connectivity index (χ2n) is 6.66. The van der Waals surface area contributed by atoms with Crippen LogP contribution in [0.4, 0.5) is 0 Å². The van der Waals surface area contributed by atoms with Crippen molar-refractivity contribution < 1.29 is 4.74 Å². The fraction of sp³-hybridized carbons (Fsp3) is 0.227. The van der Waals surface area contributed by atoms with Gasteiger partial charge in [-0.1, -0.05) is 53.7 Å². The summed E-state index contributed by atoms with van der Waals surface area (Å²) in [5, 5.41) is 4.85. The van der Waals surface area contributed by atoms with E-state index >= 15 is 0 Å². The van der Waals surface area contributed by atoms with Crippen LogP contribution >= 0.6 is 34.7 Å². The lowest BCUT2D eigenvalue weighted by molar-refractivity contribution is 0.189. The van der Waals surface area contributed by atoms with Crippen LogP contribution in [0.2, 0.25) is 5.02 Å². The van der Waals surface area contributed by atoms with Gasteiger partial charge in [-0.25, -0.2) is 9.97 Å². The quantitative estimate of drug-likeness (QED) is 0.198. The number of rotatable bonds is 8. The van der Waals surface area contributed by atoms with Crippen LogP contribution in [-0.4, -0.2) is 28.3 Å². The van der Waals surface area contributed by atoms with Crippen LogP contribution in [0, 0.1) is 0 Å². The Morgan fingerprint density at radius 2 is 2.00 bits per heavy atom. The maximum Gasteiger partial charge on any atom is 0.262 e. The standard InChI is InChI=1S/C22H20ClN3O2S2/c1-28-11-5-10-26-21(27)18-9-8-16(23)12-19(18)25-22(26)30-14-17-13-29-20(24-17)15-6-3-2-4-7-15/h2-4,6-9,12-13H,5,10-11,14H2,1H3. The molecule has 154 valence electrons. The minimum atomic E-state index is -0.0569. The predicted molar refractivity (Wildman–Crippen MR) is 125 cm³/mol. The Morgan fingerprint density at radius 3 is 2.80 bits per heavy atom. The van der Waals surface area contributed by atoms with Crippen molar-refractivity contribution in [1.82, 2.24) is 14.5 Å². The van der Waals surface area contributed by atoms with Gasteiger partial charge in [0.2, 0.25) is 0 Å². The van der Waals surface area contributed by atoms with Crippen molar-refractivity contribution in [3.05, 3.63) is 75.0 Å². The van der Waals surface area contributed by atoms with Gasteiger partial charge in [-0.05, 0) is 24.6 Å². The zero-order valence-corrected chi connectivity index (χ0v) is 18.8. The minimum absolute atomic E-state index is 0.0569. The van der Waals surface area contributed by atoms with Crippen molar-refractivity contribution in [2.45, 2.75) is 23.9 Å². The molecule has 0 saturated heterocycles. The maximum absolute atomic E-state index is 13.1. The number of ether oxygens (including phenoxy) is 1. The molecule has 0 fully saturated rings. The van der Waals surface area contributed by atoms with Crippen LogP contribution in [0.3, 0.4) is 0 Å². The maximum atomic E-state index is 13.1. The number of thiazole rings is 1. The van der Waals surface area contributed by atoms with E-state index in [0.717, 1.165) is 22.7 Å². The molecule has 0 spiro atoms. The molecule has 0 bridgehead atoms. The highest BCUT2D eigenvalue weighted by molar-refractivity contribution is 7.98. The second kappa shape index (κ2) is 9.75. The van der Waals surface area contributed by atoms with Gasteiger partial charge in [0.15, 0.2) is 5.16 Å². The van der Waals surface area contributed by atoms with Gasteiger partial charge in [0.25, 0.3) is 5.56 Å². The molecule has 0 unspecified atom stereocenters. The average Bonchev–Trinajstić information content (AvgIpc) is 3.23. The Balaban J connectivity index is 1.61. The summed E-state index contributed by atoms with van der Waals surface area (Å²) in [5.41, 5.74) is 2.63. The van der Waals surface area contributed by atoms with Gasteiger partial charge < -0.3 is 4.74 Å². The SMILES string of the molecule is COCCCn1c(SCc2csc(-c3ccccc3)n2)nc2cc(Cl)ccc2c1=O. The zero-order chi connectivity index (χ0) is 20.9. The molecule has 0 aliphatic carbocycles. The third kappa shape index (κ3) is 4.75. The van der Waals surface area contributed by atoms with Crippen LogP contribution in [-0.2, 0) is 17.0 Å². The normalized spacial score (nSPS) is 11.3. The predicted octanol–water partition coefficient (Wildman–Crippen LogP) is 5.50. The van der Waals surface area contributed by atoms with Crippen LogP contribution in [0.15, 0.2) is 63.9 Å². The molecule has 0 atom stereocenters. The van der Waals surface area contributed by atoms with E-state index < -0.39 is 0 Å². The van der Waals surface area contributed by atoms with Crippen molar-refractivity contribution in [3.8, 4) is 10.6 Å². The first kappa shape index (κ1) is 21.1. The van der Waals surface area contributed by atoms with Crippen molar-refractivity contribution in [1.29, 1.82) is 0 Å². The summed E-state index contributed by atoms with van der Waals surface area (Å²) in [6.45, 7) is 1.13. The number of nitrogens with zero attached hydrogens (tertiary/aromatic N) is 3. The van der Waals surface area contributed by atoms with Crippen LogP contribution < -0.4 is 5.56 Å². The van der Waals surface area contributed by atoms with Gasteiger partial charge in [0.1, 0.15) is 5.01 Å². The molecule has 0 radical (unpaired) electrons. The van der Waals surface area contributed by atoms with Crippen LogP contribution in [0.5, 0.6) is 0 Å². The second-order valence-corrected chi connectivity index (χ2v) is 8.89. The van der Waals surface area contributed by atoms with E-state index in [1.807, 2.05) is 18.2 Å². The van der Waals surface area contributed by atoms with Gasteiger partial charge in [-0.15, -0.1) is 11.3 Å². The lowest BCUT2D eigenvalue weighted by Gasteiger charge is -2.12. The molecule has 8 heteroatoms. The summed E-state index contributed by atoms with van der Waals surface area (Å²) >= 11 is 9.25. The number of methoxy groups -OCH3 is 1. The molecule has 0 saturated carbocycles. The first-order valence-corrected chi connectivity index (χ1v) is 11.7. The molecule has 0 aliphatic rings. The Bertz CT molecular complexity index is 1210. The van der Waals surface area contributed by atoms with E-state index in [1.54, 1.807) is 41.2 Å².